The van der Waals surface area contributed by atoms with Gasteiger partial charge >= 0.3 is 0 Å². The molecule has 1 aliphatic rings. The summed E-state index contributed by atoms with van der Waals surface area (Å²) in [5.41, 5.74) is 1.08. The topological polar surface area (TPSA) is 50.3 Å². The summed E-state index contributed by atoms with van der Waals surface area (Å²) in [5.74, 6) is 0.836. The maximum absolute atomic E-state index is 5.52. The molecule has 0 radical (unpaired) electrons. The molecule has 1 fully saturated rings. The largest absolute Gasteiger partial charge is 0.378 e. The van der Waals surface area contributed by atoms with Crippen molar-refractivity contribution in [1.82, 2.24) is 14.9 Å². The van der Waals surface area contributed by atoms with Gasteiger partial charge in [0.05, 0.1) is 31.3 Å². The average Bonchev–Trinajstić information content (AvgIpc) is 2.34. The average molecular weight is 250 g/mol. The Morgan fingerprint density at radius 1 is 1.39 bits per heavy atom. The molecule has 1 aliphatic heterocycles. The molecular formula is C13H22N4O. The van der Waals surface area contributed by atoms with Gasteiger partial charge in [-0.3, -0.25) is 9.88 Å². The lowest BCUT2D eigenvalue weighted by Gasteiger charge is -2.41. The molecule has 18 heavy (non-hydrogen) atoms. The van der Waals surface area contributed by atoms with Gasteiger partial charge in [-0.25, -0.2) is 4.98 Å². The number of rotatable bonds is 4. The Bertz CT molecular complexity index is 377. The zero-order chi connectivity index (χ0) is 13.0. The fourth-order valence-electron chi connectivity index (χ4n) is 2.09. The summed E-state index contributed by atoms with van der Waals surface area (Å²) >= 11 is 0. The number of hydrogen-bond donors (Lipinski definition) is 1. The van der Waals surface area contributed by atoms with E-state index in [2.05, 4.69) is 34.0 Å². The molecule has 1 aromatic rings. The molecule has 0 atom stereocenters. The summed E-state index contributed by atoms with van der Waals surface area (Å²) < 4.78 is 5.52. The second kappa shape index (κ2) is 5.63. The first-order valence-electron chi connectivity index (χ1n) is 6.49. The number of anilines is 1. The van der Waals surface area contributed by atoms with Crippen molar-refractivity contribution in [2.24, 2.45) is 0 Å². The van der Waals surface area contributed by atoms with E-state index in [9.17, 15) is 0 Å². The first-order valence-corrected chi connectivity index (χ1v) is 6.49. The zero-order valence-corrected chi connectivity index (χ0v) is 11.4. The van der Waals surface area contributed by atoms with Crippen LogP contribution in [0.3, 0.4) is 0 Å². The Labute approximate surface area is 109 Å². The fraction of sp³-hybridized carbons (Fsp3) is 0.692. The molecule has 5 heteroatoms. The van der Waals surface area contributed by atoms with Crippen LogP contribution < -0.4 is 5.32 Å². The summed E-state index contributed by atoms with van der Waals surface area (Å²) in [5, 5.41) is 3.15. The van der Waals surface area contributed by atoms with E-state index in [0.717, 1.165) is 44.4 Å². The van der Waals surface area contributed by atoms with Gasteiger partial charge in [0.25, 0.3) is 0 Å². The van der Waals surface area contributed by atoms with Crippen LogP contribution in [0.1, 0.15) is 26.5 Å². The predicted molar refractivity (Wildman–Crippen MR) is 71.5 cm³/mol. The van der Waals surface area contributed by atoms with Crippen LogP contribution in [-0.2, 0) is 11.3 Å². The summed E-state index contributed by atoms with van der Waals surface area (Å²) in [6.07, 6.45) is 3.65. The van der Waals surface area contributed by atoms with Gasteiger partial charge in [-0.15, -0.1) is 0 Å². The normalized spacial score (nSPS) is 19.7. The second-order valence-electron chi connectivity index (χ2n) is 5.21. The Kier molecular flexibility index (Phi) is 4.14. The summed E-state index contributed by atoms with van der Waals surface area (Å²) in [4.78, 5) is 11.2. The number of aromatic nitrogens is 2. The highest BCUT2D eigenvalue weighted by atomic mass is 16.5. The maximum Gasteiger partial charge on any atom is 0.144 e. The van der Waals surface area contributed by atoms with Crippen LogP contribution >= 0.6 is 0 Å². The quantitative estimate of drug-likeness (QED) is 0.878. The van der Waals surface area contributed by atoms with Gasteiger partial charge in [0.15, 0.2) is 0 Å². The van der Waals surface area contributed by atoms with Gasteiger partial charge < -0.3 is 10.1 Å². The third-order valence-electron chi connectivity index (χ3n) is 3.23. The van der Waals surface area contributed by atoms with Crippen molar-refractivity contribution in [2.75, 3.05) is 31.6 Å². The van der Waals surface area contributed by atoms with E-state index < -0.39 is 0 Å². The Morgan fingerprint density at radius 2 is 2.22 bits per heavy atom. The molecule has 0 saturated carbocycles. The predicted octanol–water partition coefficient (Wildman–Crippen LogP) is 1.52. The van der Waals surface area contributed by atoms with Crippen molar-refractivity contribution in [3.8, 4) is 0 Å². The number of morpholine rings is 1. The van der Waals surface area contributed by atoms with Gasteiger partial charge in [0, 0.05) is 25.2 Å². The van der Waals surface area contributed by atoms with Gasteiger partial charge in [0.2, 0.25) is 0 Å². The Balaban J connectivity index is 1.99. The van der Waals surface area contributed by atoms with E-state index in [0.29, 0.717) is 0 Å². The highest BCUT2D eigenvalue weighted by Crippen LogP contribution is 2.20. The zero-order valence-electron chi connectivity index (χ0n) is 11.4. The lowest BCUT2D eigenvalue weighted by atomic mass is 10.0. The van der Waals surface area contributed by atoms with E-state index in [1.54, 1.807) is 6.20 Å². The van der Waals surface area contributed by atoms with Gasteiger partial charge in [-0.05, 0) is 20.8 Å². The molecule has 1 aromatic heterocycles. The molecule has 0 spiro atoms. The molecule has 100 valence electrons. The van der Waals surface area contributed by atoms with Crippen LogP contribution in [-0.4, -0.2) is 46.7 Å². The summed E-state index contributed by atoms with van der Waals surface area (Å²) in [6, 6.07) is 0. The number of nitrogens with one attached hydrogen (secondary N) is 1. The van der Waals surface area contributed by atoms with Gasteiger partial charge in [-0.2, -0.15) is 0 Å². The van der Waals surface area contributed by atoms with E-state index in [1.165, 1.54) is 0 Å². The number of ether oxygens (including phenoxy) is 1. The lowest BCUT2D eigenvalue weighted by molar-refractivity contribution is -0.0558. The molecule has 0 amide bonds. The minimum Gasteiger partial charge on any atom is -0.378 e. The third kappa shape index (κ3) is 3.17. The summed E-state index contributed by atoms with van der Waals surface area (Å²) in [7, 11) is 0. The van der Waals surface area contributed by atoms with E-state index >= 15 is 0 Å². The molecule has 0 bridgehead atoms. The maximum atomic E-state index is 5.52. The van der Waals surface area contributed by atoms with Crippen LogP contribution in [0.25, 0.3) is 0 Å². The monoisotopic (exact) mass is 250 g/mol. The van der Waals surface area contributed by atoms with Crippen LogP contribution in [0.2, 0.25) is 0 Å². The second-order valence-corrected chi connectivity index (χ2v) is 5.21. The van der Waals surface area contributed by atoms with E-state index in [-0.39, 0.29) is 5.54 Å². The molecule has 0 aromatic carbocycles. The molecule has 1 saturated heterocycles. The van der Waals surface area contributed by atoms with Crippen LogP contribution in [0, 0.1) is 0 Å². The van der Waals surface area contributed by atoms with Crippen molar-refractivity contribution in [3.63, 3.8) is 0 Å². The number of hydrogen-bond acceptors (Lipinski definition) is 5. The van der Waals surface area contributed by atoms with Gasteiger partial charge in [0.1, 0.15) is 5.82 Å². The Hall–Kier alpha value is -1.20. The smallest absolute Gasteiger partial charge is 0.144 e. The molecule has 0 unspecified atom stereocenters. The highest BCUT2D eigenvalue weighted by molar-refractivity contribution is 5.30. The van der Waals surface area contributed by atoms with Crippen molar-refractivity contribution in [2.45, 2.75) is 32.9 Å². The molecule has 2 heterocycles. The van der Waals surface area contributed by atoms with E-state index in [1.807, 2.05) is 13.1 Å². The third-order valence-corrected chi connectivity index (χ3v) is 3.23. The van der Waals surface area contributed by atoms with Crippen LogP contribution in [0.5, 0.6) is 0 Å². The van der Waals surface area contributed by atoms with Crippen LogP contribution in [0.4, 0.5) is 5.82 Å². The Morgan fingerprint density at radius 3 is 2.83 bits per heavy atom. The minimum absolute atomic E-state index is 0.0697. The van der Waals surface area contributed by atoms with E-state index in [4.69, 9.17) is 4.74 Å². The summed E-state index contributed by atoms with van der Waals surface area (Å²) in [6.45, 7) is 10.7. The van der Waals surface area contributed by atoms with Crippen molar-refractivity contribution < 1.29 is 4.74 Å². The first-order chi connectivity index (χ1) is 8.62. The molecule has 0 aliphatic carbocycles. The number of nitrogens with zero attached hydrogens (tertiary/aromatic N) is 3. The van der Waals surface area contributed by atoms with Crippen molar-refractivity contribution in [1.29, 1.82) is 0 Å². The SMILES string of the molecule is CCNc1cnc(CN2CCOCC2(C)C)cn1. The lowest BCUT2D eigenvalue weighted by Crippen LogP contribution is -2.52. The van der Waals surface area contributed by atoms with Crippen LogP contribution in [0.15, 0.2) is 12.4 Å². The molecular weight excluding hydrogens is 228 g/mol. The fourth-order valence-corrected chi connectivity index (χ4v) is 2.09. The molecule has 2 rings (SSSR count). The highest BCUT2D eigenvalue weighted by Gasteiger charge is 2.30. The van der Waals surface area contributed by atoms with Gasteiger partial charge in [-0.1, -0.05) is 0 Å². The van der Waals surface area contributed by atoms with Crippen molar-refractivity contribution in [3.05, 3.63) is 18.1 Å². The van der Waals surface area contributed by atoms with Crippen molar-refractivity contribution >= 4 is 5.82 Å². The minimum atomic E-state index is 0.0697. The standard InChI is InChI=1S/C13H22N4O/c1-4-14-12-8-15-11(7-16-12)9-17-5-6-18-10-13(17,2)3/h7-8H,4-6,9-10H2,1-3H3,(H,14,16). The molecule has 1 N–H and O–H groups in total. The first kappa shape index (κ1) is 13.2. The molecule has 5 nitrogen and oxygen atoms in total.